The van der Waals surface area contributed by atoms with Gasteiger partial charge in [0.1, 0.15) is 0 Å². The first-order chi connectivity index (χ1) is 11.5. The molecule has 1 heterocycles. The van der Waals surface area contributed by atoms with Crippen LogP contribution in [0.5, 0.6) is 5.75 Å². The van der Waals surface area contributed by atoms with E-state index in [4.69, 9.17) is 20.9 Å². The highest BCUT2D eigenvalue weighted by Crippen LogP contribution is 2.30. The Balaban J connectivity index is 1.76. The Hall–Kier alpha value is -2.93. The van der Waals surface area contributed by atoms with E-state index in [0.717, 1.165) is 5.56 Å². The fourth-order valence-corrected chi connectivity index (χ4v) is 2.27. The molecule has 0 fully saturated rings. The van der Waals surface area contributed by atoms with Crippen molar-refractivity contribution >= 4 is 17.3 Å². The predicted molar refractivity (Wildman–Crippen MR) is 86.9 cm³/mol. The summed E-state index contributed by atoms with van der Waals surface area (Å²) in [6, 6.07) is 11.8. The van der Waals surface area contributed by atoms with Gasteiger partial charge in [-0.15, -0.1) is 0 Å². The first-order valence-electron chi connectivity index (χ1n) is 7.00. The number of aromatic nitrogens is 2. The van der Waals surface area contributed by atoms with E-state index < -0.39 is 4.92 Å². The highest BCUT2D eigenvalue weighted by molar-refractivity contribution is 6.30. The molecular formula is C16H12ClN3O4. The van der Waals surface area contributed by atoms with Crippen molar-refractivity contribution in [3.05, 3.63) is 69.0 Å². The number of aryl methyl sites for hydroxylation is 1. The van der Waals surface area contributed by atoms with Gasteiger partial charge < -0.3 is 9.26 Å². The Morgan fingerprint density at radius 3 is 2.71 bits per heavy atom. The Morgan fingerprint density at radius 1 is 1.25 bits per heavy atom. The normalized spacial score (nSPS) is 10.6. The molecule has 0 amide bonds. The van der Waals surface area contributed by atoms with Crippen molar-refractivity contribution in [2.75, 3.05) is 0 Å². The van der Waals surface area contributed by atoms with Crippen LogP contribution in [-0.2, 0) is 6.61 Å². The molecule has 0 aliphatic carbocycles. The summed E-state index contributed by atoms with van der Waals surface area (Å²) in [6.07, 6.45) is 0. The third kappa shape index (κ3) is 3.36. The van der Waals surface area contributed by atoms with Gasteiger partial charge in [0.2, 0.25) is 5.82 Å². The van der Waals surface area contributed by atoms with Crippen molar-refractivity contribution in [3.8, 4) is 17.2 Å². The molecule has 2 aromatic carbocycles. The number of benzene rings is 2. The van der Waals surface area contributed by atoms with Crippen LogP contribution in [0.2, 0.25) is 5.02 Å². The summed E-state index contributed by atoms with van der Waals surface area (Å²) in [4.78, 5) is 14.9. The quantitative estimate of drug-likeness (QED) is 0.508. The van der Waals surface area contributed by atoms with Gasteiger partial charge in [-0.1, -0.05) is 28.9 Å². The van der Waals surface area contributed by atoms with Crippen LogP contribution in [-0.4, -0.2) is 15.1 Å². The summed E-state index contributed by atoms with van der Waals surface area (Å²) in [6.45, 7) is 1.61. The maximum Gasteiger partial charge on any atom is 0.313 e. The van der Waals surface area contributed by atoms with Gasteiger partial charge in [-0.05, 0) is 37.3 Å². The molecule has 8 heteroatoms. The standard InChI is InChI=1S/C16H12ClN3O4/c1-10-3-2-4-13(15(10)20(21)22)23-9-14-18-16(24-19-14)11-5-7-12(17)8-6-11/h2-8H,9H2,1H3. The topological polar surface area (TPSA) is 91.3 Å². The number of hydrogen-bond donors (Lipinski definition) is 0. The van der Waals surface area contributed by atoms with Crippen LogP contribution in [0.1, 0.15) is 11.4 Å². The minimum atomic E-state index is -0.472. The fraction of sp³-hybridized carbons (Fsp3) is 0.125. The summed E-state index contributed by atoms with van der Waals surface area (Å²) in [5.74, 6) is 0.776. The van der Waals surface area contributed by atoms with E-state index in [1.807, 2.05) is 0 Å². The first-order valence-corrected chi connectivity index (χ1v) is 7.37. The van der Waals surface area contributed by atoms with E-state index in [1.54, 1.807) is 43.3 Å². The average Bonchev–Trinajstić information content (AvgIpc) is 3.02. The number of nitro groups is 1. The largest absolute Gasteiger partial charge is 0.478 e. The Bertz CT molecular complexity index is 877. The van der Waals surface area contributed by atoms with E-state index in [9.17, 15) is 10.1 Å². The molecule has 0 saturated carbocycles. The number of rotatable bonds is 5. The number of nitro benzene ring substituents is 1. The second kappa shape index (κ2) is 6.67. The van der Waals surface area contributed by atoms with Gasteiger partial charge in [0.25, 0.3) is 5.89 Å². The lowest BCUT2D eigenvalue weighted by Crippen LogP contribution is -2.01. The van der Waals surface area contributed by atoms with Gasteiger partial charge in [0.15, 0.2) is 12.4 Å². The lowest BCUT2D eigenvalue weighted by molar-refractivity contribution is -0.386. The van der Waals surface area contributed by atoms with Gasteiger partial charge in [0.05, 0.1) is 4.92 Å². The molecule has 0 aliphatic rings. The SMILES string of the molecule is Cc1cccc(OCc2noc(-c3ccc(Cl)cc3)n2)c1[N+](=O)[O-]. The molecule has 3 rings (SSSR count). The van der Waals surface area contributed by atoms with E-state index in [0.29, 0.717) is 16.5 Å². The summed E-state index contributed by atoms with van der Waals surface area (Å²) in [5, 5.41) is 15.6. The molecule has 0 atom stereocenters. The van der Waals surface area contributed by atoms with Crippen LogP contribution in [0.3, 0.4) is 0 Å². The van der Waals surface area contributed by atoms with Crippen LogP contribution in [0.25, 0.3) is 11.5 Å². The molecule has 24 heavy (non-hydrogen) atoms. The summed E-state index contributed by atoms with van der Waals surface area (Å²) in [5.41, 5.74) is 1.17. The van der Waals surface area contributed by atoms with E-state index in [1.165, 1.54) is 6.07 Å². The minimum absolute atomic E-state index is 0.0403. The second-order valence-corrected chi connectivity index (χ2v) is 5.43. The first kappa shape index (κ1) is 15.9. The van der Waals surface area contributed by atoms with Crippen LogP contribution in [0, 0.1) is 17.0 Å². The van der Waals surface area contributed by atoms with Crippen LogP contribution < -0.4 is 4.74 Å². The minimum Gasteiger partial charge on any atom is -0.478 e. The zero-order valence-electron chi connectivity index (χ0n) is 12.6. The molecular weight excluding hydrogens is 334 g/mol. The van der Waals surface area contributed by atoms with Gasteiger partial charge >= 0.3 is 5.69 Å². The van der Waals surface area contributed by atoms with Gasteiger partial charge in [-0.3, -0.25) is 10.1 Å². The highest BCUT2D eigenvalue weighted by atomic mass is 35.5. The second-order valence-electron chi connectivity index (χ2n) is 4.99. The lowest BCUT2D eigenvalue weighted by Gasteiger charge is -2.05. The monoisotopic (exact) mass is 345 g/mol. The van der Waals surface area contributed by atoms with Crippen molar-refractivity contribution in [1.82, 2.24) is 10.1 Å². The van der Waals surface area contributed by atoms with Crippen molar-refractivity contribution in [1.29, 1.82) is 0 Å². The molecule has 0 bridgehead atoms. The highest BCUT2D eigenvalue weighted by Gasteiger charge is 2.19. The van der Waals surface area contributed by atoms with E-state index in [2.05, 4.69) is 10.1 Å². The number of ether oxygens (including phenoxy) is 1. The summed E-state index contributed by atoms with van der Waals surface area (Å²) >= 11 is 5.83. The number of hydrogen-bond acceptors (Lipinski definition) is 6. The van der Waals surface area contributed by atoms with E-state index >= 15 is 0 Å². The van der Waals surface area contributed by atoms with E-state index in [-0.39, 0.29) is 23.9 Å². The van der Waals surface area contributed by atoms with Gasteiger partial charge in [-0.25, -0.2) is 0 Å². The Kier molecular flexibility index (Phi) is 4.43. The average molecular weight is 346 g/mol. The molecule has 122 valence electrons. The molecule has 0 aliphatic heterocycles. The molecule has 0 N–H and O–H groups in total. The third-order valence-corrected chi connectivity index (χ3v) is 3.55. The number of nitrogens with zero attached hydrogens (tertiary/aromatic N) is 3. The summed E-state index contributed by atoms with van der Waals surface area (Å²) in [7, 11) is 0. The predicted octanol–water partition coefficient (Wildman–Crippen LogP) is 4.19. The molecule has 7 nitrogen and oxygen atoms in total. The summed E-state index contributed by atoms with van der Waals surface area (Å²) < 4.78 is 10.6. The van der Waals surface area contributed by atoms with Crippen molar-refractivity contribution < 1.29 is 14.2 Å². The van der Waals surface area contributed by atoms with Gasteiger partial charge in [-0.2, -0.15) is 4.98 Å². The molecule has 0 spiro atoms. The Morgan fingerprint density at radius 2 is 2.00 bits per heavy atom. The van der Waals surface area contributed by atoms with Crippen LogP contribution >= 0.6 is 11.6 Å². The zero-order valence-corrected chi connectivity index (χ0v) is 13.4. The zero-order chi connectivity index (χ0) is 17.1. The van der Waals surface area contributed by atoms with Crippen LogP contribution in [0.15, 0.2) is 47.0 Å². The molecule has 3 aromatic rings. The van der Waals surface area contributed by atoms with Crippen molar-refractivity contribution in [2.24, 2.45) is 0 Å². The maximum absolute atomic E-state index is 11.1. The molecule has 0 unspecified atom stereocenters. The van der Waals surface area contributed by atoms with Crippen molar-refractivity contribution in [3.63, 3.8) is 0 Å². The van der Waals surface area contributed by atoms with Crippen LogP contribution in [0.4, 0.5) is 5.69 Å². The lowest BCUT2D eigenvalue weighted by atomic mass is 10.2. The molecule has 1 aromatic heterocycles. The van der Waals surface area contributed by atoms with Gasteiger partial charge in [0, 0.05) is 16.1 Å². The maximum atomic E-state index is 11.1. The molecule has 0 saturated heterocycles. The third-order valence-electron chi connectivity index (χ3n) is 3.30. The van der Waals surface area contributed by atoms with Crippen molar-refractivity contribution in [2.45, 2.75) is 13.5 Å². The fourth-order valence-electron chi connectivity index (χ4n) is 2.15. The number of halogens is 1. The number of para-hydroxylation sites is 1. The molecule has 0 radical (unpaired) electrons. The smallest absolute Gasteiger partial charge is 0.313 e. The Labute approximate surface area is 142 Å².